The Morgan fingerprint density at radius 1 is 1.64 bits per heavy atom. The van der Waals surface area contributed by atoms with E-state index in [0.29, 0.717) is 6.54 Å². The second-order valence-electron chi connectivity index (χ2n) is 2.34. The van der Waals surface area contributed by atoms with Crippen molar-refractivity contribution in [1.82, 2.24) is 4.98 Å². The van der Waals surface area contributed by atoms with Gasteiger partial charge < -0.3 is 10.5 Å². The SMILES string of the molecule is COc1cc(CN)cnc1C. The highest BCUT2D eigenvalue weighted by molar-refractivity contribution is 5.30. The summed E-state index contributed by atoms with van der Waals surface area (Å²) in [5.74, 6) is 0.799. The molecule has 1 aromatic heterocycles. The first kappa shape index (κ1) is 8.01. The lowest BCUT2D eigenvalue weighted by Crippen LogP contribution is -1.99. The molecule has 11 heavy (non-hydrogen) atoms. The zero-order valence-electron chi connectivity index (χ0n) is 6.79. The zero-order chi connectivity index (χ0) is 8.27. The van der Waals surface area contributed by atoms with E-state index in [0.717, 1.165) is 17.0 Å². The van der Waals surface area contributed by atoms with Crippen molar-refractivity contribution in [3.63, 3.8) is 0 Å². The van der Waals surface area contributed by atoms with E-state index in [1.165, 1.54) is 0 Å². The van der Waals surface area contributed by atoms with Crippen LogP contribution in [-0.4, -0.2) is 12.1 Å². The first-order chi connectivity index (χ1) is 5.27. The summed E-state index contributed by atoms with van der Waals surface area (Å²) in [4.78, 5) is 4.12. The van der Waals surface area contributed by atoms with Crippen LogP contribution in [-0.2, 0) is 6.54 Å². The fourth-order valence-electron chi connectivity index (χ4n) is 0.872. The van der Waals surface area contributed by atoms with E-state index in [4.69, 9.17) is 10.5 Å². The molecule has 0 unspecified atom stereocenters. The summed E-state index contributed by atoms with van der Waals surface area (Å²) in [6.07, 6.45) is 1.76. The molecule has 60 valence electrons. The summed E-state index contributed by atoms with van der Waals surface area (Å²) in [6.45, 7) is 2.41. The van der Waals surface area contributed by atoms with Crippen LogP contribution in [0.5, 0.6) is 5.75 Å². The minimum Gasteiger partial charge on any atom is -0.495 e. The number of hydrogen-bond donors (Lipinski definition) is 1. The van der Waals surface area contributed by atoms with Gasteiger partial charge in [-0.25, -0.2) is 0 Å². The van der Waals surface area contributed by atoms with E-state index in [9.17, 15) is 0 Å². The van der Waals surface area contributed by atoms with Gasteiger partial charge >= 0.3 is 0 Å². The van der Waals surface area contributed by atoms with Crippen LogP contribution in [0.4, 0.5) is 0 Å². The predicted octanol–water partition coefficient (Wildman–Crippen LogP) is 0.857. The molecule has 0 spiro atoms. The molecule has 0 fully saturated rings. The van der Waals surface area contributed by atoms with Gasteiger partial charge in [-0.3, -0.25) is 4.98 Å². The molecule has 2 N–H and O–H groups in total. The molecular formula is C8H12N2O. The number of nitrogens with zero attached hydrogens (tertiary/aromatic N) is 1. The quantitative estimate of drug-likeness (QED) is 0.683. The maximum absolute atomic E-state index is 5.43. The Morgan fingerprint density at radius 2 is 2.36 bits per heavy atom. The lowest BCUT2D eigenvalue weighted by atomic mass is 10.2. The van der Waals surface area contributed by atoms with Crippen molar-refractivity contribution in [2.75, 3.05) is 7.11 Å². The van der Waals surface area contributed by atoms with Gasteiger partial charge in [0, 0.05) is 12.7 Å². The van der Waals surface area contributed by atoms with Crippen LogP contribution in [0.15, 0.2) is 12.3 Å². The van der Waals surface area contributed by atoms with Crippen molar-refractivity contribution in [1.29, 1.82) is 0 Å². The van der Waals surface area contributed by atoms with Gasteiger partial charge in [-0.1, -0.05) is 0 Å². The average molecular weight is 152 g/mol. The van der Waals surface area contributed by atoms with Crippen molar-refractivity contribution in [3.05, 3.63) is 23.5 Å². The van der Waals surface area contributed by atoms with Gasteiger partial charge in [0.25, 0.3) is 0 Å². The Hall–Kier alpha value is -1.09. The number of pyridine rings is 1. The Morgan fingerprint density at radius 3 is 2.91 bits per heavy atom. The normalized spacial score (nSPS) is 9.73. The Labute approximate surface area is 66.2 Å². The van der Waals surface area contributed by atoms with Gasteiger partial charge in [-0.2, -0.15) is 0 Å². The molecule has 1 aromatic rings. The molecule has 0 aliphatic carbocycles. The summed E-state index contributed by atoms with van der Waals surface area (Å²) in [5, 5.41) is 0. The van der Waals surface area contributed by atoms with Crippen molar-refractivity contribution >= 4 is 0 Å². The fourth-order valence-corrected chi connectivity index (χ4v) is 0.872. The van der Waals surface area contributed by atoms with E-state index >= 15 is 0 Å². The second kappa shape index (κ2) is 3.34. The third kappa shape index (κ3) is 1.68. The highest BCUT2D eigenvalue weighted by Crippen LogP contribution is 2.15. The number of aromatic nitrogens is 1. The summed E-state index contributed by atoms with van der Waals surface area (Å²) >= 11 is 0. The van der Waals surface area contributed by atoms with Crippen LogP contribution in [0.2, 0.25) is 0 Å². The van der Waals surface area contributed by atoms with Gasteiger partial charge in [-0.05, 0) is 18.6 Å². The molecule has 3 nitrogen and oxygen atoms in total. The fraction of sp³-hybridized carbons (Fsp3) is 0.375. The van der Waals surface area contributed by atoms with Crippen LogP contribution in [0.3, 0.4) is 0 Å². The minimum absolute atomic E-state index is 0.504. The predicted molar refractivity (Wildman–Crippen MR) is 43.4 cm³/mol. The van der Waals surface area contributed by atoms with Gasteiger partial charge in [0.05, 0.1) is 12.8 Å². The van der Waals surface area contributed by atoms with Crippen molar-refractivity contribution in [2.24, 2.45) is 5.73 Å². The molecule has 0 saturated heterocycles. The molecule has 0 radical (unpaired) electrons. The standard InChI is InChI=1S/C8H12N2O/c1-6-8(11-2)3-7(4-9)5-10-6/h3,5H,4,9H2,1-2H3. The Kier molecular flexibility index (Phi) is 2.44. The Bertz CT molecular complexity index is 248. The van der Waals surface area contributed by atoms with Gasteiger partial charge in [0.1, 0.15) is 5.75 Å². The van der Waals surface area contributed by atoms with E-state index < -0.39 is 0 Å². The molecule has 1 rings (SSSR count). The summed E-state index contributed by atoms with van der Waals surface area (Å²) < 4.78 is 5.07. The highest BCUT2D eigenvalue weighted by atomic mass is 16.5. The van der Waals surface area contributed by atoms with E-state index in [-0.39, 0.29) is 0 Å². The summed E-state index contributed by atoms with van der Waals surface area (Å²) in [7, 11) is 1.63. The Balaban J connectivity index is 3.02. The molecule has 1 heterocycles. The maximum atomic E-state index is 5.43. The van der Waals surface area contributed by atoms with Crippen LogP contribution < -0.4 is 10.5 Å². The molecule has 0 saturated carbocycles. The molecule has 0 aliphatic heterocycles. The van der Waals surface area contributed by atoms with Crippen molar-refractivity contribution < 1.29 is 4.74 Å². The highest BCUT2D eigenvalue weighted by Gasteiger charge is 1.98. The number of ether oxygens (including phenoxy) is 1. The largest absolute Gasteiger partial charge is 0.495 e. The molecule has 0 atom stereocenters. The maximum Gasteiger partial charge on any atom is 0.140 e. The topological polar surface area (TPSA) is 48.1 Å². The van der Waals surface area contributed by atoms with Crippen molar-refractivity contribution in [2.45, 2.75) is 13.5 Å². The van der Waals surface area contributed by atoms with Crippen LogP contribution >= 0.6 is 0 Å². The zero-order valence-corrected chi connectivity index (χ0v) is 6.79. The van der Waals surface area contributed by atoms with Gasteiger partial charge in [0.2, 0.25) is 0 Å². The van der Waals surface area contributed by atoms with E-state index in [1.807, 2.05) is 13.0 Å². The molecule has 0 aromatic carbocycles. The summed E-state index contributed by atoms with van der Waals surface area (Å²) in [6, 6.07) is 1.91. The average Bonchev–Trinajstić information content (AvgIpc) is 2.05. The van der Waals surface area contributed by atoms with Crippen LogP contribution in [0.1, 0.15) is 11.3 Å². The third-order valence-electron chi connectivity index (χ3n) is 1.55. The number of methoxy groups -OCH3 is 1. The lowest BCUT2D eigenvalue weighted by Gasteiger charge is -2.04. The van der Waals surface area contributed by atoms with Crippen LogP contribution in [0, 0.1) is 6.92 Å². The van der Waals surface area contributed by atoms with Crippen molar-refractivity contribution in [3.8, 4) is 5.75 Å². The second-order valence-corrected chi connectivity index (χ2v) is 2.34. The van der Waals surface area contributed by atoms with Crippen LogP contribution in [0.25, 0.3) is 0 Å². The minimum atomic E-state index is 0.504. The first-order valence-electron chi connectivity index (χ1n) is 3.47. The molecular weight excluding hydrogens is 140 g/mol. The lowest BCUT2D eigenvalue weighted by molar-refractivity contribution is 0.408. The first-order valence-corrected chi connectivity index (χ1v) is 3.47. The molecule has 3 heteroatoms. The molecule has 0 aliphatic rings. The monoisotopic (exact) mass is 152 g/mol. The molecule has 0 amide bonds. The number of hydrogen-bond acceptors (Lipinski definition) is 3. The van der Waals surface area contributed by atoms with E-state index in [1.54, 1.807) is 13.3 Å². The number of aryl methyl sites for hydroxylation is 1. The van der Waals surface area contributed by atoms with Gasteiger partial charge in [-0.15, -0.1) is 0 Å². The number of rotatable bonds is 2. The number of nitrogens with two attached hydrogens (primary N) is 1. The third-order valence-corrected chi connectivity index (χ3v) is 1.55. The molecule has 0 bridgehead atoms. The van der Waals surface area contributed by atoms with Gasteiger partial charge in [0.15, 0.2) is 0 Å². The smallest absolute Gasteiger partial charge is 0.140 e. The summed E-state index contributed by atoms with van der Waals surface area (Å²) in [5.41, 5.74) is 7.31. The van der Waals surface area contributed by atoms with E-state index in [2.05, 4.69) is 4.98 Å².